The van der Waals surface area contributed by atoms with Gasteiger partial charge in [0.25, 0.3) is 0 Å². The van der Waals surface area contributed by atoms with Crippen LogP contribution in [0.1, 0.15) is 23.1 Å². The van der Waals surface area contributed by atoms with E-state index in [9.17, 15) is 0 Å². The lowest BCUT2D eigenvalue weighted by Crippen LogP contribution is -2.26. The van der Waals surface area contributed by atoms with Crippen molar-refractivity contribution in [2.45, 2.75) is 25.9 Å². The van der Waals surface area contributed by atoms with E-state index >= 15 is 0 Å². The molecule has 1 aliphatic rings. The number of hydrogen-bond donors (Lipinski definition) is 1. The molecule has 1 aromatic carbocycles. The predicted octanol–water partition coefficient (Wildman–Crippen LogP) is 1.40. The van der Waals surface area contributed by atoms with Crippen LogP contribution in [0.2, 0.25) is 0 Å². The van der Waals surface area contributed by atoms with Crippen LogP contribution in [0.4, 0.5) is 0 Å². The standard InChI is InChI=1S/C13H17N3/c1-10-6-11(7-14)2-3-12(10)8-16-5-4-13(15)9-16/h2-3,6,13H,4-5,8-9,15H2,1H3/t13-/m1/s1. The normalized spacial score (nSPS) is 20.9. The van der Waals surface area contributed by atoms with Crippen molar-refractivity contribution < 1.29 is 0 Å². The van der Waals surface area contributed by atoms with E-state index in [0.29, 0.717) is 6.04 Å². The summed E-state index contributed by atoms with van der Waals surface area (Å²) in [7, 11) is 0. The third-order valence-corrected chi connectivity index (χ3v) is 3.17. The van der Waals surface area contributed by atoms with Crippen LogP contribution in [0.25, 0.3) is 0 Å². The van der Waals surface area contributed by atoms with E-state index in [4.69, 9.17) is 11.0 Å². The zero-order chi connectivity index (χ0) is 11.5. The van der Waals surface area contributed by atoms with Crippen LogP contribution in [0, 0.1) is 18.3 Å². The maximum Gasteiger partial charge on any atom is 0.0991 e. The fourth-order valence-corrected chi connectivity index (χ4v) is 2.19. The van der Waals surface area contributed by atoms with Gasteiger partial charge in [-0.05, 0) is 36.6 Å². The lowest BCUT2D eigenvalue weighted by Gasteiger charge is -2.16. The minimum atomic E-state index is 0.332. The molecule has 1 saturated heterocycles. The van der Waals surface area contributed by atoms with Crippen molar-refractivity contribution in [1.29, 1.82) is 5.26 Å². The lowest BCUT2D eigenvalue weighted by atomic mass is 10.1. The molecule has 0 amide bonds. The molecule has 2 N–H and O–H groups in total. The van der Waals surface area contributed by atoms with Gasteiger partial charge in [0.15, 0.2) is 0 Å². The molecule has 0 aromatic heterocycles. The molecule has 1 heterocycles. The monoisotopic (exact) mass is 215 g/mol. The summed E-state index contributed by atoms with van der Waals surface area (Å²) < 4.78 is 0. The Balaban J connectivity index is 2.08. The maximum absolute atomic E-state index is 8.79. The Morgan fingerprint density at radius 2 is 2.38 bits per heavy atom. The van der Waals surface area contributed by atoms with Gasteiger partial charge in [-0.1, -0.05) is 6.07 Å². The highest BCUT2D eigenvalue weighted by atomic mass is 15.2. The number of nitriles is 1. The van der Waals surface area contributed by atoms with Crippen molar-refractivity contribution in [2.75, 3.05) is 13.1 Å². The molecule has 1 fully saturated rings. The van der Waals surface area contributed by atoms with Crippen LogP contribution in [0.3, 0.4) is 0 Å². The van der Waals surface area contributed by atoms with Crippen LogP contribution in [0.15, 0.2) is 18.2 Å². The van der Waals surface area contributed by atoms with Crippen molar-refractivity contribution in [3.05, 3.63) is 34.9 Å². The topological polar surface area (TPSA) is 53.0 Å². The Bertz CT molecular complexity index is 420. The number of rotatable bonds is 2. The van der Waals surface area contributed by atoms with E-state index in [0.717, 1.165) is 31.6 Å². The molecule has 0 spiro atoms. The number of aryl methyl sites for hydroxylation is 1. The van der Waals surface area contributed by atoms with Gasteiger partial charge < -0.3 is 5.73 Å². The molecular formula is C13H17N3. The van der Waals surface area contributed by atoms with Gasteiger partial charge in [0.05, 0.1) is 11.6 Å². The fraction of sp³-hybridized carbons (Fsp3) is 0.462. The van der Waals surface area contributed by atoms with Crippen molar-refractivity contribution in [1.82, 2.24) is 4.90 Å². The van der Waals surface area contributed by atoms with Gasteiger partial charge in [-0.3, -0.25) is 4.90 Å². The van der Waals surface area contributed by atoms with Crippen LogP contribution >= 0.6 is 0 Å². The number of nitrogens with zero attached hydrogens (tertiary/aromatic N) is 2. The highest BCUT2D eigenvalue weighted by molar-refractivity contribution is 5.37. The molecule has 3 heteroatoms. The second-order valence-corrected chi connectivity index (χ2v) is 4.54. The maximum atomic E-state index is 8.79. The van der Waals surface area contributed by atoms with E-state index in [2.05, 4.69) is 24.0 Å². The SMILES string of the molecule is Cc1cc(C#N)ccc1CN1CC[C@@H](N)C1. The number of benzene rings is 1. The van der Waals surface area contributed by atoms with Crippen molar-refractivity contribution in [3.63, 3.8) is 0 Å². The molecule has 3 nitrogen and oxygen atoms in total. The van der Waals surface area contributed by atoms with Gasteiger partial charge in [-0.15, -0.1) is 0 Å². The third-order valence-electron chi connectivity index (χ3n) is 3.17. The Morgan fingerprint density at radius 1 is 1.56 bits per heavy atom. The minimum Gasteiger partial charge on any atom is -0.326 e. The number of hydrogen-bond acceptors (Lipinski definition) is 3. The summed E-state index contributed by atoms with van der Waals surface area (Å²) in [4.78, 5) is 2.37. The van der Waals surface area contributed by atoms with E-state index in [1.54, 1.807) is 0 Å². The van der Waals surface area contributed by atoms with Gasteiger partial charge in [0, 0.05) is 25.7 Å². The summed E-state index contributed by atoms with van der Waals surface area (Å²) in [6, 6.07) is 8.38. The third kappa shape index (κ3) is 2.41. The molecule has 16 heavy (non-hydrogen) atoms. The average Bonchev–Trinajstić information content (AvgIpc) is 2.67. The largest absolute Gasteiger partial charge is 0.326 e. The molecule has 1 aromatic rings. The van der Waals surface area contributed by atoms with Crippen molar-refractivity contribution in [2.24, 2.45) is 5.73 Å². The fourth-order valence-electron chi connectivity index (χ4n) is 2.19. The number of likely N-dealkylation sites (tertiary alicyclic amines) is 1. The number of nitrogens with two attached hydrogens (primary N) is 1. The smallest absolute Gasteiger partial charge is 0.0991 e. The Hall–Kier alpha value is -1.37. The summed E-state index contributed by atoms with van der Waals surface area (Å²) in [5.41, 5.74) is 9.11. The first kappa shape index (κ1) is 11.1. The first-order chi connectivity index (χ1) is 7.69. The molecule has 1 atom stereocenters. The van der Waals surface area contributed by atoms with Gasteiger partial charge in [0.1, 0.15) is 0 Å². The zero-order valence-electron chi connectivity index (χ0n) is 9.61. The molecule has 0 unspecified atom stereocenters. The molecule has 0 bridgehead atoms. The molecule has 1 aliphatic heterocycles. The summed E-state index contributed by atoms with van der Waals surface area (Å²) in [5.74, 6) is 0. The molecule has 84 valence electrons. The highest BCUT2D eigenvalue weighted by Crippen LogP contribution is 2.16. The van der Waals surface area contributed by atoms with Crippen molar-refractivity contribution in [3.8, 4) is 6.07 Å². The Labute approximate surface area is 96.5 Å². The van der Waals surface area contributed by atoms with E-state index < -0.39 is 0 Å². The van der Waals surface area contributed by atoms with Gasteiger partial charge in [-0.2, -0.15) is 5.26 Å². The van der Waals surface area contributed by atoms with Crippen LogP contribution in [0.5, 0.6) is 0 Å². The molecule has 0 aliphatic carbocycles. The van der Waals surface area contributed by atoms with Gasteiger partial charge >= 0.3 is 0 Å². The second-order valence-electron chi connectivity index (χ2n) is 4.54. The van der Waals surface area contributed by atoms with Crippen molar-refractivity contribution >= 4 is 0 Å². The van der Waals surface area contributed by atoms with E-state index in [1.165, 1.54) is 11.1 Å². The minimum absolute atomic E-state index is 0.332. The highest BCUT2D eigenvalue weighted by Gasteiger charge is 2.19. The molecule has 2 rings (SSSR count). The predicted molar refractivity (Wildman–Crippen MR) is 63.8 cm³/mol. The lowest BCUT2D eigenvalue weighted by molar-refractivity contribution is 0.326. The summed E-state index contributed by atoms with van der Waals surface area (Å²) in [5, 5.41) is 8.79. The van der Waals surface area contributed by atoms with E-state index in [1.807, 2.05) is 12.1 Å². The van der Waals surface area contributed by atoms with Crippen LogP contribution < -0.4 is 5.73 Å². The summed E-state index contributed by atoms with van der Waals surface area (Å²) in [6.07, 6.45) is 1.09. The van der Waals surface area contributed by atoms with E-state index in [-0.39, 0.29) is 0 Å². The quantitative estimate of drug-likeness (QED) is 0.811. The Kier molecular flexibility index (Phi) is 3.23. The molecule has 0 saturated carbocycles. The van der Waals surface area contributed by atoms with Crippen LogP contribution in [-0.4, -0.2) is 24.0 Å². The summed E-state index contributed by atoms with van der Waals surface area (Å²) >= 11 is 0. The first-order valence-corrected chi connectivity index (χ1v) is 5.66. The van der Waals surface area contributed by atoms with Gasteiger partial charge in [0.2, 0.25) is 0 Å². The molecular weight excluding hydrogens is 198 g/mol. The second kappa shape index (κ2) is 4.65. The van der Waals surface area contributed by atoms with Crippen LogP contribution in [-0.2, 0) is 6.54 Å². The Morgan fingerprint density at radius 3 is 2.94 bits per heavy atom. The average molecular weight is 215 g/mol. The first-order valence-electron chi connectivity index (χ1n) is 5.66. The summed E-state index contributed by atoms with van der Waals surface area (Å²) in [6.45, 7) is 5.08. The zero-order valence-corrected chi connectivity index (χ0v) is 9.61. The van der Waals surface area contributed by atoms with Gasteiger partial charge in [-0.25, -0.2) is 0 Å². The molecule has 0 radical (unpaired) electrons.